The predicted octanol–water partition coefficient (Wildman–Crippen LogP) is 1.69. The summed E-state index contributed by atoms with van der Waals surface area (Å²) < 4.78 is 0. The van der Waals surface area contributed by atoms with Gasteiger partial charge >= 0.3 is 5.97 Å². The molecule has 1 aromatic carbocycles. The van der Waals surface area contributed by atoms with Gasteiger partial charge in [-0.05, 0) is 29.5 Å². The quantitative estimate of drug-likeness (QED) is 0.666. The number of carboxylic acids is 1. The summed E-state index contributed by atoms with van der Waals surface area (Å²) in [5.74, 6) is -1.55. The smallest absolute Gasteiger partial charge is 0.303 e. The first-order valence-corrected chi connectivity index (χ1v) is 7.57. The highest BCUT2D eigenvalue weighted by Crippen LogP contribution is 2.22. The van der Waals surface area contributed by atoms with Crippen LogP contribution in [0.3, 0.4) is 0 Å². The van der Waals surface area contributed by atoms with Crippen molar-refractivity contribution in [1.29, 1.82) is 0 Å². The van der Waals surface area contributed by atoms with E-state index < -0.39 is 5.97 Å². The minimum atomic E-state index is -0.897. The van der Waals surface area contributed by atoms with Gasteiger partial charge in [-0.3, -0.25) is 14.4 Å². The fraction of sp³-hybridized carbons (Fsp3) is 0.471. The molecule has 2 amide bonds. The van der Waals surface area contributed by atoms with E-state index in [9.17, 15) is 14.4 Å². The Balaban J connectivity index is 2.38. The average Bonchev–Trinajstić information content (AvgIpc) is 2.48. The van der Waals surface area contributed by atoms with Crippen molar-refractivity contribution in [2.24, 2.45) is 0 Å². The molecule has 0 spiro atoms. The average molecular weight is 320 g/mol. The van der Waals surface area contributed by atoms with E-state index in [1.165, 1.54) is 0 Å². The Hall–Kier alpha value is -2.37. The molecule has 0 unspecified atom stereocenters. The molecule has 23 heavy (non-hydrogen) atoms. The van der Waals surface area contributed by atoms with E-state index >= 15 is 0 Å². The van der Waals surface area contributed by atoms with Gasteiger partial charge in [0.25, 0.3) is 5.91 Å². The fourth-order valence-electron chi connectivity index (χ4n) is 1.91. The topological polar surface area (TPSA) is 95.5 Å². The van der Waals surface area contributed by atoms with E-state index in [1.54, 1.807) is 12.1 Å². The van der Waals surface area contributed by atoms with Crippen LogP contribution in [0.25, 0.3) is 0 Å². The van der Waals surface area contributed by atoms with Gasteiger partial charge in [-0.1, -0.05) is 32.9 Å². The van der Waals surface area contributed by atoms with Gasteiger partial charge in [0.15, 0.2) is 0 Å². The summed E-state index contributed by atoms with van der Waals surface area (Å²) in [6.07, 6.45) is 0.371. The third kappa shape index (κ3) is 6.95. The molecule has 0 saturated heterocycles. The van der Waals surface area contributed by atoms with Crippen molar-refractivity contribution in [1.82, 2.24) is 10.6 Å². The van der Waals surface area contributed by atoms with Crippen LogP contribution in [0.5, 0.6) is 0 Å². The van der Waals surface area contributed by atoms with Gasteiger partial charge < -0.3 is 15.7 Å². The number of rotatable bonds is 7. The highest BCUT2D eigenvalue weighted by molar-refractivity contribution is 5.96. The second kappa shape index (κ2) is 8.31. The van der Waals surface area contributed by atoms with Crippen molar-refractivity contribution in [3.63, 3.8) is 0 Å². The zero-order valence-electron chi connectivity index (χ0n) is 13.8. The molecule has 0 atom stereocenters. The maximum atomic E-state index is 12.0. The van der Waals surface area contributed by atoms with Crippen LogP contribution in [-0.2, 0) is 15.0 Å². The summed E-state index contributed by atoms with van der Waals surface area (Å²) in [6.45, 7) is 6.43. The SMILES string of the molecule is CC(C)(C)c1ccc(C(=O)NCC(=O)NCCCC(=O)O)cc1. The van der Waals surface area contributed by atoms with Gasteiger partial charge in [0.2, 0.25) is 5.91 Å². The van der Waals surface area contributed by atoms with Gasteiger partial charge in [-0.15, -0.1) is 0 Å². The van der Waals surface area contributed by atoms with Gasteiger partial charge in [-0.25, -0.2) is 0 Å². The van der Waals surface area contributed by atoms with E-state index in [4.69, 9.17) is 5.11 Å². The number of carbonyl (C=O) groups excluding carboxylic acids is 2. The van der Waals surface area contributed by atoms with E-state index in [1.807, 2.05) is 12.1 Å². The van der Waals surface area contributed by atoms with E-state index in [0.29, 0.717) is 12.0 Å². The maximum Gasteiger partial charge on any atom is 0.303 e. The second-order valence-electron chi connectivity index (χ2n) is 6.36. The Kier molecular flexibility index (Phi) is 6.75. The second-order valence-corrected chi connectivity index (χ2v) is 6.36. The third-order valence-electron chi connectivity index (χ3n) is 3.31. The molecule has 0 aliphatic rings. The number of hydrogen-bond donors (Lipinski definition) is 3. The van der Waals surface area contributed by atoms with Crippen LogP contribution in [0.15, 0.2) is 24.3 Å². The summed E-state index contributed by atoms with van der Waals surface area (Å²) in [5, 5.41) is 13.6. The molecule has 126 valence electrons. The Morgan fingerprint density at radius 1 is 1.04 bits per heavy atom. The van der Waals surface area contributed by atoms with E-state index in [-0.39, 0.29) is 36.7 Å². The normalized spacial score (nSPS) is 10.9. The molecule has 1 rings (SSSR count). The fourth-order valence-corrected chi connectivity index (χ4v) is 1.91. The van der Waals surface area contributed by atoms with Gasteiger partial charge in [-0.2, -0.15) is 0 Å². The van der Waals surface area contributed by atoms with Crippen LogP contribution >= 0.6 is 0 Å². The molecule has 0 radical (unpaired) electrons. The summed E-state index contributed by atoms with van der Waals surface area (Å²) in [4.78, 5) is 33.8. The first-order valence-electron chi connectivity index (χ1n) is 7.57. The van der Waals surface area contributed by atoms with Crippen molar-refractivity contribution in [3.05, 3.63) is 35.4 Å². The maximum absolute atomic E-state index is 12.0. The molecule has 0 heterocycles. The van der Waals surface area contributed by atoms with Crippen molar-refractivity contribution in [3.8, 4) is 0 Å². The predicted molar refractivity (Wildman–Crippen MR) is 87.4 cm³/mol. The summed E-state index contributed by atoms with van der Waals surface area (Å²) >= 11 is 0. The minimum Gasteiger partial charge on any atom is -0.481 e. The van der Waals surface area contributed by atoms with Crippen LogP contribution in [0, 0.1) is 0 Å². The Morgan fingerprint density at radius 3 is 2.17 bits per heavy atom. The molecule has 6 nitrogen and oxygen atoms in total. The molecular formula is C17H24N2O4. The lowest BCUT2D eigenvalue weighted by Gasteiger charge is -2.19. The highest BCUT2D eigenvalue weighted by Gasteiger charge is 2.14. The number of nitrogens with one attached hydrogen (secondary N) is 2. The lowest BCUT2D eigenvalue weighted by molar-refractivity contribution is -0.137. The molecule has 6 heteroatoms. The van der Waals surface area contributed by atoms with Crippen LogP contribution in [0.2, 0.25) is 0 Å². The van der Waals surface area contributed by atoms with Crippen molar-refractivity contribution < 1.29 is 19.5 Å². The number of carbonyl (C=O) groups is 3. The third-order valence-corrected chi connectivity index (χ3v) is 3.31. The Bertz CT molecular complexity index is 559. The lowest BCUT2D eigenvalue weighted by Crippen LogP contribution is -2.37. The molecule has 0 bridgehead atoms. The number of benzene rings is 1. The van der Waals surface area contributed by atoms with Gasteiger partial charge in [0, 0.05) is 18.5 Å². The largest absolute Gasteiger partial charge is 0.481 e. The van der Waals surface area contributed by atoms with Crippen LogP contribution in [-0.4, -0.2) is 36.0 Å². The van der Waals surface area contributed by atoms with Gasteiger partial charge in [0.05, 0.1) is 6.54 Å². The summed E-state index contributed by atoms with van der Waals surface area (Å²) in [7, 11) is 0. The molecule has 3 N–H and O–H groups in total. The van der Waals surface area contributed by atoms with Crippen molar-refractivity contribution in [2.75, 3.05) is 13.1 Å². The standard InChI is InChI=1S/C17H24N2O4/c1-17(2,3)13-8-6-12(7-9-13)16(23)19-11-14(20)18-10-4-5-15(21)22/h6-9H,4-5,10-11H2,1-3H3,(H,18,20)(H,19,23)(H,21,22). The molecular weight excluding hydrogens is 296 g/mol. The zero-order chi connectivity index (χ0) is 17.5. The summed E-state index contributed by atoms with van der Waals surface area (Å²) in [6, 6.07) is 7.28. The summed E-state index contributed by atoms with van der Waals surface area (Å²) in [5.41, 5.74) is 1.65. The van der Waals surface area contributed by atoms with E-state index in [2.05, 4.69) is 31.4 Å². The first kappa shape index (κ1) is 18.7. The van der Waals surface area contributed by atoms with Gasteiger partial charge in [0.1, 0.15) is 0 Å². The molecule has 1 aromatic rings. The molecule has 0 fully saturated rings. The number of carboxylic acid groups (broad SMARTS) is 1. The van der Waals surface area contributed by atoms with Crippen molar-refractivity contribution in [2.45, 2.75) is 39.0 Å². The number of hydrogen-bond acceptors (Lipinski definition) is 3. The van der Waals surface area contributed by atoms with Crippen LogP contribution in [0.1, 0.15) is 49.5 Å². The molecule has 0 aliphatic heterocycles. The molecule has 0 aromatic heterocycles. The molecule has 0 saturated carbocycles. The minimum absolute atomic E-state index is 0.00671. The van der Waals surface area contributed by atoms with Crippen molar-refractivity contribution >= 4 is 17.8 Å². The number of aliphatic carboxylic acids is 1. The monoisotopic (exact) mass is 320 g/mol. The zero-order valence-corrected chi connectivity index (χ0v) is 13.8. The van der Waals surface area contributed by atoms with Crippen LogP contribution in [0.4, 0.5) is 0 Å². The molecule has 0 aliphatic carbocycles. The Morgan fingerprint density at radius 2 is 1.65 bits per heavy atom. The Labute approximate surface area is 136 Å². The van der Waals surface area contributed by atoms with Crippen LogP contribution < -0.4 is 10.6 Å². The lowest BCUT2D eigenvalue weighted by atomic mass is 9.87. The highest BCUT2D eigenvalue weighted by atomic mass is 16.4. The first-order chi connectivity index (χ1) is 10.7. The number of amides is 2. The van der Waals surface area contributed by atoms with E-state index in [0.717, 1.165) is 5.56 Å².